The van der Waals surface area contributed by atoms with Crippen molar-refractivity contribution in [3.05, 3.63) is 76.6 Å². The maximum atomic E-state index is 12.9. The van der Waals surface area contributed by atoms with Crippen molar-refractivity contribution in [1.82, 2.24) is 29.7 Å². The zero-order valence-electron chi connectivity index (χ0n) is 18.4. The van der Waals surface area contributed by atoms with Crippen LogP contribution < -0.4 is 5.32 Å². The number of fused-ring (bicyclic) bond motifs is 1. The van der Waals surface area contributed by atoms with E-state index < -0.39 is 0 Å². The smallest absolute Gasteiger partial charge is 0.280 e. The van der Waals surface area contributed by atoms with E-state index in [1.54, 1.807) is 29.1 Å². The number of nitrogens with zero attached hydrogens (tertiary/aromatic N) is 5. The van der Waals surface area contributed by atoms with Gasteiger partial charge in [0, 0.05) is 46.6 Å². The largest absolute Gasteiger partial charge is 0.508 e. The van der Waals surface area contributed by atoms with Crippen LogP contribution in [0.5, 0.6) is 5.75 Å². The van der Waals surface area contributed by atoms with Gasteiger partial charge in [-0.05, 0) is 26.0 Å². The van der Waals surface area contributed by atoms with Crippen LogP contribution >= 0.6 is 11.3 Å². The van der Waals surface area contributed by atoms with Gasteiger partial charge >= 0.3 is 0 Å². The number of nitrogens with one attached hydrogen (secondary N) is 1. The zero-order chi connectivity index (χ0) is 23.1. The first-order valence-electron chi connectivity index (χ1n) is 10.4. The SMILES string of the molecule is Cc1sc(C(=O)N[C@@H](C)c2ccccc2O)nc1-c1cnn2cc(-c3cnn(C)c3)ccc12. The Balaban J connectivity index is 1.42. The molecule has 5 rings (SSSR count). The van der Waals surface area contributed by atoms with Crippen LogP contribution in [0, 0.1) is 6.92 Å². The number of rotatable bonds is 5. The Morgan fingerprint density at radius 2 is 1.91 bits per heavy atom. The van der Waals surface area contributed by atoms with E-state index in [-0.39, 0.29) is 17.7 Å². The number of hydrogen-bond donors (Lipinski definition) is 2. The second-order valence-electron chi connectivity index (χ2n) is 7.89. The van der Waals surface area contributed by atoms with Gasteiger partial charge < -0.3 is 10.4 Å². The van der Waals surface area contributed by atoms with Crippen LogP contribution in [0.1, 0.15) is 33.2 Å². The van der Waals surface area contributed by atoms with Gasteiger partial charge in [0.2, 0.25) is 0 Å². The number of para-hydroxylation sites is 1. The number of aromatic hydroxyl groups is 1. The predicted molar refractivity (Wildman–Crippen MR) is 127 cm³/mol. The molecule has 0 aliphatic rings. The summed E-state index contributed by atoms with van der Waals surface area (Å²) in [5.74, 6) is -0.126. The number of aromatic nitrogens is 5. The highest BCUT2D eigenvalue weighted by Gasteiger charge is 2.21. The predicted octanol–water partition coefficient (Wildman–Crippen LogP) is 4.36. The highest BCUT2D eigenvalue weighted by molar-refractivity contribution is 7.14. The lowest BCUT2D eigenvalue weighted by Gasteiger charge is -2.14. The van der Waals surface area contributed by atoms with Gasteiger partial charge in [-0.1, -0.05) is 24.3 Å². The molecule has 4 heterocycles. The second-order valence-corrected chi connectivity index (χ2v) is 9.09. The molecular weight excluding hydrogens is 436 g/mol. The molecule has 4 aromatic heterocycles. The quantitative estimate of drug-likeness (QED) is 0.408. The summed E-state index contributed by atoms with van der Waals surface area (Å²) in [6.45, 7) is 3.78. The third kappa shape index (κ3) is 3.87. The van der Waals surface area contributed by atoms with E-state index in [9.17, 15) is 9.90 Å². The van der Waals surface area contributed by atoms with E-state index in [1.807, 2.05) is 62.2 Å². The fourth-order valence-corrected chi connectivity index (χ4v) is 4.67. The van der Waals surface area contributed by atoms with Crippen molar-refractivity contribution in [1.29, 1.82) is 0 Å². The summed E-state index contributed by atoms with van der Waals surface area (Å²) >= 11 is 1.34. The molecule has 166 valence electrons. The van der Waals surface area contributed by atoms with Gasteiger partial charge in [-0.3, -0.25) is 9.48 Å². The molecule has 1 atom stereocenters. The summed E-state index contributed by atoms with van der Waals surface area (Å²) in [4.78, 5) is 18.4. The number of phenols is 1. The first-order valence-corrected chi connectivity index (χ1v) is 11.3. The number of benzene rings is 1. The number of aryl methyl sites for hydroxylation is 2. The van der Waals surface area contributed by atoms with Crippen molar-refractivity contribution in [2.45, 2.75) is 19.9 Å². The number of carbonyl (C=O) groups excluding carboxylic acids is 1. The Labute approximate surface area is 194 Å². The van der Waals surface area contributed by atoms with Gasteiger partial charge in [0.25, 0.3) is 5.91 Å². The van der Waals surface area contributed by atoms with Crippen molar-refractivity contribution in [2.75, 3.05) is 0 Å². The molecule has 0 saturated carbocycles. The van der Waals surface area contributed by atoms with E-state index in [1.165, 1.54) is 11.3 Å². The van der Waals surface area contributed by atoms with Crippen LogP contribution in [0.4, 0.5) is 0 Å². The second kappa shape index (κ2) is 8.18. The van der Waals surface area contributed by atoms with Crippen LogP contribution in [-0.4, -0.2) is 35.4 Å². The number of carbonyl (C=O) groups is 1. The molecule has 8 nitrogen and oxygen atoms in total. The van der Waals surface area contributed by atoms with Crippen molar-refractivity contribution >= 4 is 22.8 Å². The number of phenolic OH excluding ortho intramolecular Hbond substituents is 1. The summed E-state index contributed by atoms with van der Waals surface area (Å²) in [5.41, 5.74) is 5.20. The van der Waals surface area contributed by atoms with Crippen LogP contribution in [0.2, 0.25) is 0 Å². The first kappa shape index (κ1) is 20.9. The zero-order valence-corrected chi connectivity index (χ0v) is 19.2. The van der Waals surface area contributed by atoms with Gasteiger partial charge in [0.15, 0.2) is 5.01 Å². The molecule has 0 aliphatic carbocycles. The normalized spacial score (nSPS) is 12.2. The molecule has 0 radical (unpaired) electrons. The fourth-order valence-electron chi connectivity index (χ4n) is 3.84. The van der Waals surface area contributed by atoms with Crippen molar-refractivity contribution in [3.63, 3.8) is 0 Å². The molecule has 0 spiro atoms. The molecule has 0 fully saturated rings. The van der Waals surface area contributed by atoms with E-state index in [0.29, 0.717) is 10.6 Å². The van der Waals surface area contributed by atoms with Crippen molar-refractivity contribution < 1.29 is 9.90 Å². The Morgan fingerprint density at radius 3 is 2.67 bits per heavy atom. The van der Waals surface area contributed by atoms with Gasteiger partial charge in [0.05, 0.1) is 29.6 Å². The fraction of sp³-hybridized carbons (Fsp3) is 0.167. The summed E-state index contributed by atoms with van der Waals surface area (Å²) in [6, 6.07) is 10.7. The Bertz CT molecular complexity index is 1480. The topological polar surface area (TPSA) is 97.3 Å². The highest BCUT2D eigenvalue weighted by atomic mass is 32.1. The monoisotopic (exact) mass is 458 g/mol. The minimum atomic E-state index is -0.353. The first-order chi connectivity index (χ1) is 15.9. The molecule has 33 heavy (non-hydrogen) atoms. The van der Waals surface area contributed by atoms with E-state index in [2.05, 4.69) is 20.5 Å². The summed E-state index contributed by atoms with van der Waals surface area (Å²) in [6.07, 6.45) is 7.50. The third-order valence-electron chi connectivity index (χ3n) is 5.55. The van der Waals surface area contributed by atoms with E-state index in [4.69, 9.17) is 0 Å². The minimum absolute atomic E-state index is 0.151. The highest BCUT2D eigenvalue weighted by Crippen LogP contribution is 2.32. The molecule has 9 heteroatoms. The lowest BCUT2D eigenvalue weighted by molar-refractivity contribution is 0.0939. The van der Waals surface area contributed by atoms with Crippen molar-refractivity contribution in [3.8, 4) is 28.1 Å². The summed E-state index contributed by atoms with van der Waals surface area (Å²) in [5, 5.41) is 22.1. The maximum Gasteiger partial charge on any atom is 0.280 e. The van der Waals surface area contributed by atoms with E-state index in [0.717, 1.165) is 32.8 Å². The van der Waals surface area contributed by atoms with Gasteiger partial charge in [-0.15, -0.1) is 11.3 Å². The van der Waals surface area contributed by atoms with Crippen LogP contribution in [0.15, 0.2) is 61.2 Å². The lowest BCUT2D eigenvalue weighted by Crippen LogP contribution is -2.26. The standard InChI is InChI=1S/C24H22N6O2S/c1-14(18-6-4-5-7-21(18)31)27-23(32)24-28-22(15(2)33-24)19-11-26-30-13-16(8-9-20(19)30)17-10-25-29(3)12-17/h4-14,31H,1-3H3,(H,27,32)/t14-/m0/s1. The maximum absolute atomic E-state index is 12.9. The molecule has 0 bridgehead atoms. The average molecular weight is 459 g/mol. The Kier molecular flexibility index (Phi) is 5.18. The van der Waals surface area contributed by atoms with Crippen LogP contribution in [-0.2, 0) is 7.05 Å². The summed E-state index contributed by atoms with van der Waals surface area (Å²) < 4.78 is 3.58. The summed E-state index contributed by atoms with van der Waals surface area (Å²) in [7, 11) is 1.89. The molecule has 0 aliphatic heterocycles. The molecular formula is C24H22N6O2S. The minimum Gasteiger partial charge on any atom is -0.508 e. The molecule has 1 aromatic carbocycles. The molecule has 1 amide bonds. The van der Waals surface area contributed by atoms with Crippen molar-refractivity contribution in [2.24, 2.45) is 7.05 Å². The van der Waals surface area contributed by atoms with Crippen LogP contribution in [0.25, 0.3) is 27.9 Å². The Hall–Kier alpha value is -3.98. The van der Waals surface area contributed by atoms with E-state index >= 15 is 0 Å². The number of amides is 1. The molecule has 5 aromatic rings. The number of thiazole rings is 1. The average Bonchev–Trinajstić information content (AvgIpc) is 3.51. The number of pyridine rings is 1. The lowest BCUT2D eigenvalue weighted by atomic mass is 10.1. The third-order valence-corrected chi connectivity index (χ3v) is 6.52. The molecule has 0 saturated heterocycles. The molecule has 2 N–H and O–H groups in total. The Morgan fingerprint density at radius 1 is 1.09 bits per heavy atom. The van der Waals surface area contributed by atoms with Gasteiger partial charge in [0.1, 0.15) is 5.75 Å². The van der Waals surface area contributed by atoms with Gasteiger partial charge in [-0.2, -0.15) is 10.2 Å². The van der Waals surface area contributed by atoms with Crippen LogP contribution in [0.3, 0.4) is 0 Å². The number of hydrogen-bond acceptors (Lipinski definition) is 6. The molecule has 0 unspecified atom stereocenters. The van der Waals surface area contributed by atoms with Gasteiger partial charge in [-0.25, -0.2) is 9.50 Å².